The van der Waals surface area contributed by atoms with Gasteiger partial charge in [0.25, 0.3) is 0 Å². The van der Waals surface area contributed by atoms with Crippen molar-refractivity contribution in [3.8, 4) is 5.75 Å². The van der Waals surface area contributed by atoms with Gasteiger partial charge in [-0.2, -0.15) is 20.1 Å². The van der Waals surface area contributed by atoms with Crippen LogP contribution in [0.15, 0.2) is 59.8 Å². The number of hydrogen-bond acceptors (Lipinski definition) is 8. The summed E-state index contributed by atoms with van der Waals surface area (Å²) in [5, 5.41) is 5.72. The molecule has 0 saturated carbocycles. The van der Waals surface area contributed by atoms with Crippen molar-refractivity contribution in [2.45, 2.75) is 52.0 Å². The fraction of sp³-hybridized carbons (Fsp3) is 0.419. The Labute approximate surface area is 235 Å². The average Bonchev–Trinajstić information content (AvgIpc) is 3.36. The largest absolute Gasteiger partial charge is 0.492 e. The van der Waals surface area contributed by atoms with E-state index in [0.717, 1.165) is 66.8 Å². The van der Waals surface area contributed by atoms with Crippen LogP contribution in [0.1, 0.15) is 49.7 Å². The monoisotopic (exact) mass is 538 g/mol. The number of nitrogens with one attached hydrogen (secondary N) is 1. The molecule has 2 saturated heterocycles. The fourth-order valence-electron chi connectivity index (χ4n) is 5.49. The van der Waals surface area contributed by atoms with Crippen LogP contribution in [0.2, 0.25) is 0 Å². The summed E-state index contributed by atoms with van der Waals surface area (Å²) in [5.74, 6) is 2.87. The van der Waals surface area contributed by atoms with Gasteiger partial charge in [-0.25, -0.2) is 5.43 Å². The smallest absolute Gasteiger partial charge is 0.250 e. The van der Waals surface area contributed by atoms with Crippen molar-refractivity contribution < 1.29 is 4.74 Å². The Morgan fingerprint density at radius 1 is 0.825 bits per heavy atom. The Morgan fingerprint density at radius 2 is 1.48 bits per heavy atom. The molecular formula is C31H38N8O. The first-order chi connectivity index (χ1) is 19.7. The van der Waals surface area contributed by atoms with E-state index < -0.39 is 0 Å². The first-order valence-corrected chi connectivity index (χ1v) is 14.6. The van der Waals surface area contributed by atoms with Crippen LogP contribution in [0, 0.1) is 6.92 Å². The summed E-state index contributed by atoms with van der Waals surface area (Å²) < 4.78 is 8.21. The second-order valence-electron chi connectivity index (χ2n) is 10.7. The number of benzene rings is 2. The highest BCUT2D eigenvalue weighted by Gasteiger charge is 2.20. The van der Waals surface area contributed by atoms with E-state index in [-0.39, 0.29) is 0 Å². The van der Waals surface area contributed by atoms with Gasteiger partial charge in [0, 0.05) is 48.8 Å². The molecule has 2 aliphatic heterocycles. The lowest BCUT2D eigenvalue weighted by atomic mass is 10.1. The summed E-state index contributed by atoms with van der Waals surface area (Å²) in [6.07, 6.45) is 11.2. The molecule has 6 rings (SSSR count). The van der Waals surface area contributed by atoms with Gasteiger partial charge in [0.2, 0.25) is 17.8 Å². The maximum absolute atomic E-state index is 5.99. The van der Waals surface area contributed by atoms with E-state index in [9.17, 15) is 0 Å². The lowest BCUT2D eigenvalue weighted by Crippen LogP contribution is -2.34. The minimum Gasteiger partial charge on any atom is -0.492 e. The number of nitrogens with zero attached hydrogens (tertiary/aromatic N) is 7. The van der Waals surface area contributed by atoms with Gasteiger partial charge < -0.3 is 19.1 Å². The molecule has 0 aliphatic carbocycles. The number of ether oxygens (including phenoxy) is 1. The number of hydrazone groups is 1. The van der Waals surface area contributed by atoms with E-state index in [1.807, 2.05) is 18.3 Å². The number of rotatable bonds is 9. The molecule has 0 bridgehead atoms. The van der Waals surface area contributed by atoms with Gasteiger partial charge in [-0.1, -0.05) is 35.9 Å². The Bertz CT molecular complexity index is 1400. The zero-order valence-electron chi connectivity index (χ0n) is 23.3. The van der Waals surface area contributed by atoms with Crippen molar-refractivity contribution in [1.29, 1.82) is 0 Å². The van der Waals surface area contributed by atoms with Crippen LogP contribution < -0.4 is 20.0 Å². The van der Waals surface area contributed by atoms with E-state index in [1.54, 1.807) is 0 Å². The third kappa shape index (κ3) is 6.19. The van der Waals surface area contributed by atoms with Crippen LogP contribution >= 0.6 is 0 Å². The minimum atomic E-state index is 0.489. The maximum Gasteiger partial charge on any atom is 0.250 e. The highest BCUT2D eigenvalue weighted by molar-refractivity contribution is 5.99. The van der Waals surface area contributed by atoms with E-state index in [1.165, 1.54) is 44.1 Å². The van der Waals surface area contributed by atoms with Gasteiger partial charge in [-0.15, -0.1) is 0 Å². The van der Waals surface area contributed by atoms with Crippen molar-refractivity contribution in [3.05, 3.63) is 65.9 Å². The SMILES string of the molecule is Cc1ccc(OCCn2cc(/C=N\Nc3nc(N4CCCCC4)nc(N4CCCCC4)n3)c3ccccc32)cc1. The summed E-state index contributed by atoms with van der Waals surface area (Å²) in [6, 6.07) is 16.5. The van der Waals surface area contributed by atoms with Crippen LogP contribution in [0.25, 0.3) is 10.9 Å². The van der Waals surface area contributed by atoms with Crippen molar-refractivity contribution in [1.82, 2.24) is 19.5 Å². The van der Waals surface area contributed by atoms with Crippen molar-refractivity contribution in [3.63, 3.8) is 0 Å². The number of para-hydroxylation sites is 1. The fourth-order valence-corrected chi connectivity index (χ4v) is 5.49. The third-order valence-corrected chi connectivity index (χ3v) is 7.70. The molecule has 0 atom stereocenters. The molecule has 2 aromatic heterocycles. The maximum atomic E-state index is 5.99. The summed E-state index contributed by atoms with van der Waals surface area (Å²) in [7, 11) is 0. The molecule has 4 aromatic rings. The molecule has 0 radical (unpaired) electrons. The number of aromatic nitrogens is 4. The normalized spacial score (nSPS) is 16.1. The molecule has 208 valence electrons. The molecule has 2 aromatic carbocycles. The lowest BCUT2D eigenvalue weighted by molar-refractivity contribution is 0.300. The van der Waals surface area contributed by atoms with Gasteiger partial charge in [0.05, 0.1) is 12.8 Å². The first-order valence-electron chi connectivity index (χ1n) is 14.6. The molecule has 40 heavy (non-hydrogen) atoms. The molecule has 9 nitrogen and oxygen atoms in total. The van der Waals surface area contributed by atoms with Gasteiger partial charge in [-0.3, -0.25) is 0 Å². The van der Waals surface area contributed by atoms with E-state index >= 15 is 0 Å². The molecule has 2 aliphatic rings. The summed E-state index contributed by atoms with van der Waals surface area (Å²) in [5.41, 5.74) is 6.52. The third-order valence-electron chi connectivity index (χ3n) is 7.70. The van der Waals surface area contributed by atoms with Crippen LogP contribution in [0.4, 0.5) is 17.8 Å². The Morgan fingerprint density at radius 3 is 2.15 bits per heavy atom. The van der Waals surface area contributed by atoms with Gasteiger partial charge >= 0.3 is 0 Å². The van der Waals surface area contributed by atoms with Crippen LogP contribution in [0.5, 0.6) is 5.75 Å². The molecule has 0 unspecified atom stereocenters. The molecule has 0 spiro atoms. The highest BCUT2D eigenvalue weighted by atomic mass is 16.5. The number of aryl methyl sites for hydroxylation is 1. The Hall–Kier alpha value is -4.14. The predicted octanol–water partition coefficient (Wildman–Crippen LogP) is 5.64. The van der Waals surface area contributed by atoms with Crippen molar-refractivity contribution in [2.75, 3.05) is 48.0 Å². The number of fused-ring (bicyclic) bond motifs is 1. The van der Waals surface area contributed by atoms with Crippen LogP contribution in [-0.2, 0) is 6.54 Å². The summed E-state index contributed by atoms with van der Waals surface area (Å²) in [4.78, 5) is 18.9. The lowest BCUT2D eigenvalue weighted by Gasteiger charge is -2.30. The standard InChI is InChI=1S/C31H38N8O/c1-24-12-14-26(15-13-24)40-21-20-39-23-25(27-10-4-5-11-28(27)39)22-32-36-29-33-30(37-16-6-2-7-17-37)35-31(34-29)38-18-8-3-9-19-38/h4-5,10-15,22-23H,2-3,6-9,16-21H2,1H3,(H,33,34,35,36)/b32-22-. The first kappa shape index (κ1) is 26.1. The topological polar surface area (TPSA) is 83.7 Å². The summed E-state index contributed by atoms with van der Waals surface area (Å²) >= 11 is 0. The van der Waals surface area contributed by atoms with E-state index in [2.05, 4.69) is 74.4 Å². The second kappa shape index (κ2) is 12.4. The molecular weight excluding hydrogens is 500 g/mol. The van der Waals surface area contributed by atoms with Crippen molar-refractivity contribution in [2.24, 2.45) is 5.10 Å². The van der Waals surface area contributed by atoms with E-state index in [0.29, 0.717) is 12.6 Å². The van der Waals surface area contributed by atoms with Crippen LogP contribution in [-0.4, -0.2) is 58.5 Å². The van der Waals surface area contributed by atoms with Crippen LogP contribution in [0.3, 0.4) is 0 Å². The Balaban J connectivity index is 1.19. The number of hydrogen-bond donors (Lipinski definition) is 1. The number of piperidine rings is 2. The minimum absolute atomic E-state index is 0.489. The van der Waals surface area contributed by atoms with E-state index in [4.69, 9.17) is 19.7 Å². The molecule has 0 amide bonds. The average molecular weight is 539 g/mol. The zero-order chi connectivity index (χ0) is 27.1. The number of anilines is 3. The zero-order valence-corrected chi connectivity index (χ0v) is 23.3. The molecule has 9 heteroatoms. The van der Waals surface area contributed by atoms with Gasteiger partial charge in [-0.05, 0) is 63.6 Å². The second-order valence-corrected chi connectivity index (χ2v) is 10.7. The summed E-state index contributed by atoms with van der Waals surface area (Å²) in [6.45, 7) is 7.34. The quantitative estimate of drug-likeness (QED) is 0.218. The predicted molar refractivity (Wildman–Crippen MR) is 162 cm³/mol. The molecule has 1 N–H and O–H groups in total. The van der Waals surface area contributed by atoms with Gasteiger partial charge in [0.1, 0.15) is 12.4 Å². The van der Waals surface area contributed by atoms with Crippen molar-refractivity contribution >= 4 is 35.0 Å². The Kier molecular flexibility index (Phi) is 8.07. The molecule has 2 fully saturated rings. The highest BCUT2D eigenvalue weighted by Crippen LogP contribution is 2.23. The molecule has 4 heterocycles. The van der Waals surface area contributed by atoms with Gasteiger partial charge in [0.15, 0.2) is 0 Å².